The number of carbonyl (C=O) groups is 3. The normalized spacial score (nSPS) is 18.9. The summed E-state index contributed by atoms with van der Waals surface area (Å²) < 4.78 is 5.59. The van der Waals surface area contributed by atoms with Crippen LogP contribution < -0.4 is 10.6 Å². The van der Waals surface area contributed by atoms with E-state index >= 15 is 0 Å². The number of nitrogens with zero attached hydrogens (tertiary/aromatic N) is 2. The van der Waals surface area contributed by atoms with Gasteiger partial charge in [0.1, 0.15) is 5.92 Å². The Morgan fingerprint density at radius 2 is 1.85 bits per heavy atom. The maximum atomic E-state index is 13.1. The van der Waals surface area contributed by atoms with Crippen molar-refractivity contribution in [1.29, 1.82) is 0 Å². The third-order valence-corrected chi connectivity index (χ3v) is 6.61. The van der Waals surface area contributed by atoms with Gasteiger partial charge in [0, 0.05) is 12.5 Å². The van der Waals surface area contributed by atoms with Crippen molar-refractivity contribution >= 4 is 29.5 Å². The Hall–Kier alpha value is -2.68. The van der Waals surface area contributed by atoms with E-state index in [1.165, 1.54) is 11.8 Å². The average molecular weight is 487 g/mol. The quantitative estimate of drug-likeness (QED) is 0.490. The van der Waals surface area contributed by atoms with Gasteiger partial charge in [0.15, 0.2) is 0 Å². The Morgan fingerprint density at radius 1 is 1.12 bits per heavy atom. The minimum absolute atomic E-state index is 0.0759. The molecule has 2 aromatic rings. The third-order valence-electron chi connectivity index (χ3n) is 6.10. The molecule has 3 atom stereocenters. The van der Waals surface area contributed by atoms with Crippen molar-refractivity contribution in [2.45, 2.75) is 76.0 Å². The van der Waals surface area contributed by atoms with E-state index < -0.39 is 17.7 Å². The molecule has 0 aliphatic heterocycles. The predicted molar refractivity (Wildman–Crippen MR) is 130 cm³/mol. The number of hydrogen-bond donors (Lipinski definition) is 2. The smallest absolute Gasteiger partial charge is 0.276 e. The lowest BCUT2D eigenvalue weighted by Gasteiger charge is -2.31. The van der Waals surface area contributed by atoms with Gasteiger partial charge in [0.25, 0.3) is 5.22 Å². The summed E-state index contributed by atoms with van der Waals surface area (Å²) in [5.41, 5.74) is 1.10. The number of carbonyl (C=O) groups excluding carboxylic acids is 3. The van der Waals surface area contributed by atoms with Gasteiger partial charge in [-0.05, 0) is 43.4 Å². The summed E-state index contributed by atoms with van der Waals surface area (Å²) in [6.07, 6.45) is 6.49. The van der Waals surface area contributed by atoms with Crippen LogP contribution in [0.2, 0.25) is 0 Å². The maximum absolute atomic E-state index is 13.1. The summed E-state index contributed by atoms with van der Waals surface area (Å²) in [4.78, 5) is 38.8. The van der Waals surface area contributed by atoms with Crippen LogP contribution in [0.25, 0.3) is 0 Å². The van der Waals surface area contributed by atoms with E-state index in [4.69, 9.17) is 4.42 Å². The molecule has 1 saturated carbocycles. The molecule has 1 aliphatic carbocycles. The van der Waals surface area contributed by atoms with Crippen molar-refractivity contribution in [1.82, 2.24) is 20.8 Å². The largest absolute Gasteiger partial charge is 0.415 e. The Balaban J connectivity index is 1.61. The molecule has 3 rings (SSSR count). The second-order valence-corrected chi connectivity index (χ2v) is 9.95. The first-order valence-corrected chi connectivity index (χ1v) is 13.1. The Kier molecular flexibility index (Phi) is 9.68. The molecule has 1 fully saturated rings. The lowest BCUT2D eigenvalue weighted by molar-refractivity contribution is -0.135. The molecule has 34 heavy (non-hydrogen) atoms. The van der Waals surface area contributed by atoms with Crippen LogP contribution in [0.15, 0.2) is 40.0 Å². The fraction of sp³-hybridized carbons (Fsp3) is 0.560. The number of benzene rings is 1. The van der Waals surface area contributed by atoms with Crippen LogP contribution in [0.4, 0.5) is 0 Å². The van der Waals surface area contributed by atoms with E-state index in [1.54, 1.807) is 0 Å². The third kappa shape index (κ3) is 7.41. The van der Waals surface area contributed by atoms with Gasteiger partial charge in [-0.2, -0.15) is 0 Å². The maximum Gasteiger partial charge on any atom is 0.276 e. The van der Waals surface area contributed by atoms with Crippen LogP contribution in [0.5, 0.6) is 0 Å². The first kappa shape index (κ1) is 25.9. The molecule has 3 amide bonds. The number of rotatable bonds is 10. The highest BCUT2D eigenvalue weighted by atomic mass is 32.2. The molecule has 8 nitrogen and oxygen atoms in total. The number of thioether (sulfide) groups is 1. The zero-order chi connectivity index (χ0) is 24.5. The summed E-state index contributed by atoms with van der Waals surface area (Å²) in [6, 6.07) is 9.56. The molecule has 0 spiro atoms. The van der Waals surface area contributed by atoms with Crippen LogP contribution in [-0.4, -0.2) is 40.2 Å². The predicted octanol–water partition coefficient (Wildman–Crippen LogP) is 3.87. The summed E-state index contributed by atoms with van der Waals surface area (Å²) in [6.45, 7) is 3.99. The molecule has 0 bridgehead atoms. The fourth-order valence-corrected chi connectivity index (χ4v) is 4.63. The minimum Gasteiger partial charge on any atom is -0.415 e. The van der Waals surface area contributed by atoms with Gasteiger partial charge in [0.05, 0.1) is 5.92 Å². The first-order valence-electron chi connectivity index (χ1n) is 11.9. The zero-order valence-corrected chi connectivity index (χ0v) is 20.9. The van der Waals surface area contributed by atoms with E-state index in [9.17, 15) is 14.4 Å². The molecule has 0 unspecified atom stereocenters. The monoisotopic (exact) mass is 486 g/mol. The van der Waals surface area contributed by atoms with Crippen molar-refractivity contribution in [2.24, 2.45) is 11.8 Å². The van der Waals surface area contributed by atoms with Crippen LogP contribution >= 0.6 is 11.8 Å². The van der Waals surface area contributed by atoms with Crippen LogP contribution in [-0.2, 0) is 20.8 Å². The highest BCUT2D eigenvalue weighted by Crippen LogP contribution is 2.28. The Bertz CT molecular complexity index is 963. The van der Waals surface area contributed by atoms with E-state index in [2.05, 4.69) is 20.8 Å². The van der Waals surface area contributed by atoms with Crippen LogP contribution in [0.1, 0.15) is 69.7 Å². The molecular formula is C25H34N4O4S. The summed E-state index contributed by atoms with van der Waals surface area (Å²) in [5.74, 6) is -1.58. The summed E-state index contributed by atoms with van der Waals surface area (Å²) in [7, 11) is 0. The van der Waals surface area contributed by atoms with Crippen LogP contribution in [0.3, 0.4) is 0 Å². The van der Waals surface area contributed by atoms with Gasteiger partial charge in [-0.15, -0.1) is 10.2 Å². The molecule has 1 aromatic heterocycles. The molecule has 0 radical (unpaired) electrons. The van der Waals surface area contributed by atoms with E-state index in [1.807, 2.05) is 50.4 Å². The number of nitrogens with one attached hydrogen (secondary N) is 2. The topological polar surface area (TPSA) is 114 Å². The van der Waals surface area contributed by atoms with Crippen molar-refractivity contribution in [2.75, 3.05) is 6.26 Å². The highest BCUT2D eigenvalue weighted by Gasteiger charge is 2.35. The van der Waals surface area contributed by atoms with Crippen molar-refractivity contribution < 1.29 is 18.8 Å². The molecule has 1 aromatic carbocycles. The van der Waals surface area contributed by atoms with Gasteiger partial charge in [-0.3, -0.25) is 19.7 Å². The molecule has 1 heterocycles. The van der Waals surface area contributed by atoms with E-state index in [0.717, 1.165) is 24.8 Å². The number of aromatic nitrogens is 2. The van der Waals surface area contributed by atoms with Crippen molar-refractivity contribution in [3.63, 3.8) is 0 Å². The molecule has 184 valence electrons. The first-order chi connectivity index (χ1) is 16.4. The van der Waals surface area contributed by atoms with Gasteiger partial charge < -0.3 is 9.73 Å². The number of imide groups is 1. The molecule has 9 heteroatoms. The summed E-state index contributed by atoms with van der Waals surface area (Å²) >= 11 is 1.30. The Morgan fingerprint density at radius 3 is 2.53 bits per heavy atom. The zero-order valence-electron chi connectivity index (χ0n) is 20.1. The van der Waals surface area contributed by atoms with Crippen molar-refractivity contribution in [3.8, 4) is 0 Å². The van der Waals surface area contributed by atoms with Gasteiger partial charge in [-0.25, -0.2) is 0 Å². The SMILES string of the molecule is CSc1nnc([C@H](CC(C)C)C(=O)NC(=O)[C@@H]2CCCC[C@@H]2NC(=O)CCc2ccccc2)o1. The molecular weight excluding hydrogens is 452 g/mol. The Labute approximate surface area is 205 Å². The second kappa shape index (κ2) is 12.7. The van der Waals surface area contributed by atoms with Gasteiger partial charge in [0.2, 0.25) is 23.6 Å². The molecule has 0 saturated heterocycles. The fourth-order valence-electron chi connectivity index (χ4n) is 4.34. The highest BCUT2D eigenvalue weighted by molar-refractivity contribution is 7.98. The molecule has 1 aliphatic rings. The average Bonchev–Trinajstić information content (AvgIpc) is 3.31. The lowest BCUT2D eigenvalue weighted by Crippen LogP contribution is -2.50. The van der Waals surface area contributed by atoms with Crippen LogP contribution in [0, 0.1) is 11.8 Å². The van der Waals surface area contributed by atoms with Crippen molar-refractivity contribution in [3.05, 3.63) is 41.8 Å². The number of amides is 3. The number of hydrogen-bond acceptors (Lipinski definition) is 7. The number of aryl methyl sites for hydroxylation is 1. The van der Waals surface area contributed by atoms with Gasteiger partial charge >= 0.3 is 0 Å². The standard InChI is InChI=1S/C25H34N4O4S/c1-16(2)15-19(24-28-29-25(33-24)34-3)23(32)27-22(31)18-11-7-8-12-20(18)26-21(30)14-13-17-9-5-4-6-10-17/h4-6,9-10,16,18-20H,7-8,11-15H2,1-3H3,(H,26,30)(H,27,31,32)/t18-,19-,20+/m1/s1. The lowest BCUT2D eigenvalue weighted by atomic mass is 9.83. The minimum atomic E-state index is -0.695. The second-order valence-electron chi connectivity index (χ2n) is 9.20. The van der Waals surface area contributed by atoms with Gasteiger partial charge in [-0.1, -0.05) is 68.8 Å². The van der Waals surface area contributed by atoms with E-state index in [-0.39, 0.29) is 29.7 Å². The van der Waals surface area contributed by atoms with E-state index in [0.29, 0.717) is 30.9 Å². The summed E-state index contributed by atoms with van der Waals surface area (Å²) in [5, 5.41) is 14.0. The molecule has 2 N–H and O–H groups in total.